The Balaban J connectivity index is 1.93. The number of methoxy groups -OCH3 is 1. The molecule has 2 aromatic rings. The van der Waals surface area contributed by atoms with E-state index in [0.29, 0.717) is 22.0 Å². The van der Waals surface area contributed by atoms with E-state index >= 15 is 0 Å². The minimum atomic E-state index is -0.382. The number of carbonyl (C=O) groups is 2. The number of halogens is 1. The van der Waals surface area contributed by atoms with Crippen LogP contribution in [0, 0.1) is 11.3 Å². The first kappa shape index (κ1) is 20.1. The summed E-state index contributed by atoms with van der Waals surface area (Å²) in [6.07, 6.45) is 2.81. The Morgan fingerprint density at radius 2 is 1.89 bits per heavy atom. The summed E-state index contributed by atoms with van der Waals surface area (Å²) in [7, 11) is 1.38. The minimum Gasteiger partial charge on any atom is -0.465 e. The van der Waals surface area contributed by atoms with Gasteiger partial charge in [0.2, 0.25) is 0 Å². The number of hydrogen-bond donors (Lipinski definition) is 1. The summed E-state index contributed by atoms with van der Waals surface area (Å²) >= 11 is 4.88. The molecule has 1 aromatic heterocycles. The van der Waals surface area contributed by atoms with Crippen LogP contribution in [0.15, 0.2) is 28.7 Å². The van der Waals surface area contributed by atoms with Crippen molar-refractivity contribution in [3.63, 3.8) is 0 Å². The largest absolute Gasteiger partial charge is 0.465 e. The van der Waals surface area contributed by atoms with Gasteiger partial charge in [-0.1, -0.05) is 36.7 Å². The average Bonchev–Trinajstić information content (AvgIpc) is 2.97. The quantitative estimate of drug-likeness (QED) is 0.611. The van der Waals surface area contributed by atoms with E-state index in [1.807, 2.05) is 12.1 Å². The van der Waals surface area contributed by atoms with Crippen LogP contribution in [0.25, 0.3) is 0 Å². The highest BCUT2D eigenvalue weighted by molar-refractivity contribution is 9.10. The molecule has 0 saturated heterocycles. The van der Waals surface area contributed by atoms with Crippen LogP contribution >= 0.6 is 27.3 Å². The molecule has 1 amide bonds. The second-order valence-electron chi connectivity index (χ2n) is 7.97. The molecule has 1 unspecified atom stereocenters. The van der Waals surface area contributed by atoms with Gasteiger partial charge in [0.15, 0.2) is 0 Å². The van der Waals surface area contributed by atoms with Crippen LogP contribution in [0.3, 0.4) is 0 Å². The molecule has 0 bridgehead atoms. The molecule has 0 fully saturated rings. The highest BCUT2D eigenvalue weighted by atomic mass is 79.9. The third-order valence-corrected chi connectivity index (χ3v) is 6.91. The molecule has 1 aliphatic rings. The smallest absolute Gasteiger partial charge is 0.341 e. The lowest BCUT2D eigenvalue weighted by molar-refractivity contribution is 0.0600. The lowest BCUT2D eigenvalue weighted by atomic mass is 9.72. The Kier molecular flexibility index (Phi) is 5.77. The molecular formula is C21H24BrNO3S. The van der Waals surface area contributed by atoms with Crippen molar-refractivity contribution >= 4 is 44.1 Å². The van der Waals surface area contributed by atoms with Crippen LogP contribution in [0.2, 0.25) is 0 Å². The molecule has 27 heavy (non-hydrogen) atoms. The van der Waals surface area contributed by atoms with Gasteiger partial charge in [0.05, 0.1) is 12.7 Å². The maximum absolute atomic E-state index is 12.7. The molecule has 4 nitrogen and oxygen atoms in total. The molecule has 1 atom stereocenters. The molecule has 3 rings (SSSR count). The number of esters is 1. The number of nitrogens with one attached hydrogen (secondary N) is 1. The van der Waals surface area contributed by atoms with Gasteiger partial charge in [-0.05, 0) is 60.4 Å². The molecule has 0 spiro atoms. The molecule has 144 valence electrons. The summed E-state index contributed by atoms with van der Waals surface area (Å²) in [4.78, 5) is 26.3. The van der Waals surface area contributed by atoms with Crippen LogP contribution in [-0.4, -0.2) is 19.0 Å². The summed E-state index contributed by atoms with van der Waals surface area (Å²) in [6.45, 7) is 6.77. The number of anilines is 1. The molecule has 1 heterocycles. The van der Waals surface area contributed by atoms with Crippen molar-refractivity contribution in [1.82, 2.24) is 0 Å². The van der Waals surface area contributed by atoms with Gasteiger partial charge in [0, 0.05) is 14.9 Å². The topological polar surface area (TPSA) is 55.4 Å². The average molecular weight is 450 g/mol. The number of amides is 1. The summed E-state index contributed by atoms with van der Waals surface area (Å²) in [5.74, 6) is -0.0457. The second kappa shape index (κ2) is 7.76. The zero-order valence-corrected chi connectivity index (χ0v) is 18.4. The van der Waals surface area contributed by atoms with Gasteiger partial charge >= 0.3 is 5.97 Å². The Morgan fingerprint density at radius 1 is 1.22 bits per heavy atom. The Labute approximate surface area is 172 Å². The van der Waals surface area contributed by atoms with Crippen molar-refractivity contribution in [2.75, 3.05) is 12.4 Å². The first-order valence-electron chi connectivity index (χ1n) is 9.00. The summed E-state index contributed by atoms with van der Waals surface area (Å²) in [5.41, 5.74) is 2.33. The van der Waals surface area contributed by atoms with E-state index in [1.165, 1.54) is 23.3 Å². The van der Waals surface area contributed by atoms with E-state index in [-0.39, 0.29) is 17.3 Å². The highest BCUT2D eigenvalue weighted by Gasteiger charge is 2.34. The van der Waals surface area contributed by atoms with E-state index in [2.05, 4.69) is 42.0 Å². The SMILES string of the molecule is COC(=O)c1c(NC(=O)c2ccc(Br)cc2)sc2c1CCC(C(C)(C)C)C2. The molecule has 0 aliphatic heterocycles. The summed E-state index contributed by atoms with van der Waals surface area (Å²) in [6, 6.07) is 7.15. The summed E-state index contributed by atoms with van der Waals surface area (Å²) < 4.78 is 5.92. The van der Waals surface area contributed by atoms with Gasteiger partial charge in [0.1, 0.15) is 5.00 Å². The van der Waals surface area contributed by atoms with Crippen molar-refractivity contribution in [2.45, 2.75) is 40.0 Å². The molecule has 1 aromatic carbocycles. The normalized spacial score (nSPS) is 16.6. The standard InChI is InChI=1S/C21H24BrNO3S/c1-21(2,3)13-7-10-15-16(11-13)27-19(17(15)20(25)26-4)23-18(24)12-5-8-14(22)9-6-12/h5-6,8-9,13H,7,10-11H2,1-4H3,(H,23,24). The van der Waals surface area contributed by atoms with Gasteiger partial charge < -0.3 is 10.1 Å². The van der Waals surface area contributed by atoms with Gasteiger partial charge in [-0.2, -0.15) is 0 Å². The highest BCUT2D eigenvalue weighted by Crippen LogP contribution is 2.44. The third-order valence-electron chi connectivity index (χ3n) is 5.21. The first-order chi connectivity index (χ1) is 12.7. The van der Waals surface area contributed by atoms with Crippen molar-refractivity contribution in [2.24, 2.45) is 11.3 Å². The minimum absolute atomic E-state index is 0.216. The fourth-order valence-electron chi connectivity index (χ4n) is 3.51. The van der Waals surface area contributed by atoms with Gasteiger partial charge in [-0.15, -0.1) is 11.3 Å². The Hall–Kier alpha value is -1.66. The Bertz CT molecular complexity index is 865. The van der Waals surface area contributed by atoms with Crippen LogP contribution < -0.4 is 5.32 Å². The molecule has 0 radical (unpaired) electrons. The number of fused-ring (bicyclic) bond motifs is 1. The fourth-order valence-corrected chi connectivity index (χ4v) is 5.08. The van der Waals surface area contributed by atoms with Crippen molar-refractivity contribution < 1.29 is 14.3 Å². The van der Waals surface area contributed by atoms with Crippen molar-refractivity contribution in [3.8, 4) is 0 Å². The predicted molar refractivity (Wildman–Crippen MR) is 113 cm³/mol. The van der Waals surface area contributed by atoms with Crippen molar-refractivity contribution in [1.29, 1.82) is 0 Å². The van der Waals surface area contributed by atoms with Gasteiger partial charge in [-0.3, -0.25) is 4.79 Å². The van der Waals surface area contributed by atoms with E-state index < -0.39 is 0 Å². The third kappa shape index (κ3) is 4.27. The lowest BCUT2D eigenvalue weighted by Gasteiger charge is -2.33. The number of hydrogen-bond acceptors (Lipinski definition) is 4. The van der Waals surface area contributed by atoms with E-state index in [1.54, 1.807) is 12.1 Å². The zero-order valence-electron chi connectivity index (χ0n) is 16.0. The molecular weight excluding hydrogens is 426 g/mol. The second-order valence-corrected chi connectivity index (χ2v) is 9.99. The predicted octanol–water partition coefficient (Wildman–Crippen LogP) is 5.70. The molecule has 0 saturated carbocycles. The Morgan fingerprint density at radius 3 is 2.48 bits per heavy atom. The number of benzene rings is 1. The number of ether oxygens (including phenoxy) is 1. The van der Waals surface area contributed by atoms with Crippen molar-refractivity contribution in [3.05, 3.63) is 50.3 Å². The monoisotopic (exact) mass is 449 g/mol. The number of rotatable bonds is 3. The fraction of sp³-hybridized carbons (Fsp3) is 0.429. The molecule has 6 heteroatoms. The van der Waals surface area contributed by atoms with Crippen LogP contribution in [0.1, 0.15) is 58.3 Å². The zero-order chi connectivity index (χ0) is 19.8. The van der Waals surface area contributed by atoms with Crippen LogP contribution in [0.4, 0.5) is 5.00 Å². The van der Waals surface area contributed by atoms with E-state index in [4.69, 9.17) is 4.74 Å². The van der Waals surface area contributed by atoms with Crippen LogP contribution in [-0.2, 0) is 17.6 Å². The summed E-state index contributed by atoms with van der Waals surface area (Å²) in [5, 5.41) is 3.53. The van der Waals surface area contributed by atoms with E-state index in [0.717, 1.165) is 29.3 Å². The van der Waals surface area contributed by atoms with Gasteiger partial charge in [0.25, 0.3) is 5.91 Å². The molecule has 1 aliphatic carbocycles. The van der Waals surface area contributed by atoms with E-state index in [9.17, 15) is 9.59 Å². The molecule has 1 N–H and O–H groups in total. The van der Waals surface area contributed by atoms with Gasteiger partial charge in [-0.25, -0.2) is 4.79 Å². The first-order valence-corrected chi connectivity index (χ1v) is 10.6. The number of carbonyl (C=O) groups excluding carboxylic acids is 2. The number of thiophene rings is 1. The lowest BCUT2D eigenvalue weighted by Crippen LogP contribution is -2.26. The maximum Gasteiger partial charge on any atom is 0.341 e. The van der Waals surface area contributed by atoms with Crippen LogP contribution in [0.5, 0.6) is 0 Å². The maximum atomic E-state index is 12.7.